The fourth-order valence-corrected chi connectivity index (χ4v) is 2.10. The highest BCUT2D eigenvalue weighted by Crippen LogP contribution is 2.18. The first kappa shape index (κ1) is 10.6. The molecule has 15 heavy (non-hydrogen) atoms. The van der Waals surface area contributed by atoms with Crippen molar-refractivity contribution in [1.29, 1.82) is 0 Å². The summed E-state index contributed by atoms with van der Waals surface area (Å²) in [6.07, 6.45) is 1.42. The lowest BCUT2D eigenvalue weighted by Gasteiger charge is -2.28. The summed E-state index contributed by atoms with van der Waals surface area (Å²) in [5.41, 5.74) is 0.973. The van der Waals surface area contributed by atoms with Crippen molar-refractivity contribution in [3.8, 4) is 0 Å². The Morgan fingerprint density at radius 2 is 2.33 bits per heavy atom. The zero-order valence-corrected chi connectivity index (χ0v) is 8.62. The Labute approximate surface area is 89.1 Å². The SMILES string of the molecule is O[C@@H]1CNCC[C@@H]1Cc1cccc(F)c1. The molecule has 82 valence electrons. The van der Waals surface area contributed by atoms with Gasteiger partial charge >= 0.3 is 0 Å². The van der Waals surface area contributed by atoms with Gasteiger partial charge in [0.05, 0.1) is 6.10 Å². The van der Waals surface area contributed by atoms with E-state index in [1.54, 1.807) is 12.1 Å². The highest BCUT2D eigenvalue weighted by Gasteiger charge is 2.22. The Bertz CT molecular complexity index is 329. The standard InChI is InChI=1S/C12H16FNO/c13-11-3-1-2-9(7-11)6-10-4-5-14-8-12(10)15/h1-3,7,10,12,14-15H,4-6,8H2/t10-,12-/m1/s1. The molecule has 1 aliphatic heterocycles. The fraction of sp³-hybridized carbons (Fsp3) is 0.500. The van der Waals surface area contributed by atoms with Crippen molar-refractivity contribution < 1.29 is 9.50 Å². The highest BCUT2D eigenvalue weighted by atomic mass is 19.1. The number of β-amino-alcohol motifs (C(OH)–C–C–N with tert-alkyl or cyclic N) is 1. The van der Waals surface area contributed by atoms with Crippen LogP contribution < -0.4 is 5.32 Å². The molecule has 1 aromatic carbocycles. The number of aliphatic hydroxyl groups excluding tert-OH is 1. The normalized spacial score (nSPS) is 26.5. The van der Waals surface area contributed by atoms with Crippen molar-refractivity contribution in [3.63, 3.8) is 0 Å². The summed E-state index contributed by atoms with van der Waals surface area (Å²) in [7, 11) is 0. The van der Waals surface area contributed by atoms with Crippen LogP contribution in [0.25, 0.3) is 0 Å². The van der Waals surface area contributed by atoms with Gasteiger partial charge in [-0.2, -0.15) is 0 Å². The van der Waals surface area contributed by atoms with Gasteiger partial charge in [-0.3, -0.25) is 0 Å². The first-order valence-corrected chi connectivity index (χ1v) is 5.39. The van der Waals surface area contributed by atoms with Crippen molar-refractivity contribution in [2.75, 3.05) is 13.1 Å². The number of hydrogen-bond acceptors (Lipinski definition) is 2. The van der Waals surface area contributed by atoms with E-state index in [0.717, 1.165) is 24.9 Å². The molecular weight excluding hydrogens is 193 g/mol. The number of rotatable bonds is 2. The van der Waals surface area contributed by atoms with Gasteiger partial charge in [0.2, 0.25) is 0 Å². The number of nitrogens with one attached hydrogen (secondary N) is 1. The Morgan fingerprint density at radius 3 is 3.07 bits per heavy atom. The summed E-state index contributed by atoms with van der Waals surface area (Å²) in [6.45, 7) is 1.59. The topological polar surface area (TPSA) is 32.3 Å². The Morgan fingerprint density at radius 1 is 1.47 bits per heavy atom. The molecule has 1 fully saturated rings. The minimum absolute atomic E-state index is 0.198. The molecule has 2 nitrogen and oxygen atoms in total. The van der Waals surface area contributed by atoms with Crippen molar-refractivity contribution in [2.24, 2.45) is 5.92 Å². The van der Waals surface area contributed by atoms with Crippen LogP contribution in [0.5, 0.6) is 0 Å². The average Bonchev–Trinajstić information content (AvgIpc) is 2.22. The van der Waals surface area contributed by atoms with E-state index in [4.69, 9.17) is 0 Å². The molecule has 2 N–H and O–H groups in total. The van der Waals surface area contributed by atoms with Crippen LogP contribution in [0.1, 0.15) is 12.0 Å². The third-order valence-corrected chi connectivity index (χ3v) is 2.98. The lowest BCUT2D eigenvalue weighted by Crippen LogP contribution is -2.41. The van der Waals surface area contributed by atoms with E-state index in [1.165, 1.54) is 6.07 Å². The second-order valence-electron chi connectivity index (χ2n) is 4.15. The fourth-order valence-electron chi connectivity index (χ4n) is 2.10. The van der Waals surface area contributed by atoms with Crippen LogP contribution in [-0.2, 0) is 6.42 Å². The quantitative estimate of drug-likeness (QED) is 0.770. The molecule has 0 bridgehead atoms. The maximum atomic E-state index is 12.9. The van der Waals surface area contributed by atoms with E-state index >= 15 is 0 Å². The highest BCUT2D eigenvalue weighted by molar-refractivity contribution is 5.17. The lowest BCUT2D eigenvalue weighted by molar-refractivity contribution is 0.0820. The van der Waals surface area contributed by atoms with E-state index < -0.39 is 0 Å². The van der Waals surface area contributed by atoms with Gasteiger partial charge in [0.1, 0.15) is 5.82 Å². The van der Waals surface area contributed by atoms with Crippen LogP contribution in [-0.4, -0.2) is 24.3 Å². The second kappa shape index (κ2) is 4.73. The van der Waals surface area contributed by atoms with Gasteiger partial charge in [-0.25, -0.2) is 4.39 Å². The van der Waals surface area contributed by atoms with E-state index in [2.05, 4.69) is 5.32 Å². The molecule has 1 heterocycles. The van der Waals surface area contributed by atoms with Crippen molar-refractivity contribution in [2.45, 2.75) is 18.9 Å². The summed E-state index contributed by atoms with van der Waals surface area (Å²) in [5, 5.41) is 12.9. The lowest BCUT2D eigenvalue weighted by atomic mass is 9.89. The smallest absolute Gasteiger partial charge is 0.123 e. The van der Waals surface area contributed by atoms with E-state index in [0.29, 0.717) is 6.54 Å². The third kappa shape index (κ3) is 2.76. The van der Waals surface area contributed by atoms with Crippen LogP contribution >= 0.6 is 0 Å². The number of benzene rings is 1. The van der Waals surface area contributed by atoms with Gasteiger partial charge in [-0.1, -0.05) is 12.1 Å². The number of piperidine rings is 1. The maximum absolute atomic E-state index is 12.9. The molecule has 1 aromatic rings. The molecule has 0 aromatic heterocycles. The van der Waals surface area contributed by atoms with Gasteiger partial charge in [0.25, 0.3) is 0 Å². The number of halogens is 1. The van der Waals surface area contributed by atoms with Gasteiger partial charge in [-0.05, 0) is 43.0 Å². The number of hydrogen-bond donors (Lipinski definition) is 2. The zero-order chi connectivity index (χ0) is 10.7. The summed E-state index contributed by atoms with van der Waals surface area (Å²) >= 11 is 0. The summed E-state index contributed by atoms with van der Waals surface area (Å²) in [4.78, 5) is 0. The minimum atomic E-state index is -0.304. The first-order chi connectivity index (χ1) is 7.25. The van der Waals surface area contributed by atoms with Crippen molar-refractivity contribution in [3.05, 3.63) is 35.6 Å². The summed E-state index contributed by atoms with van der Waals surface area (Å²) in [6, 6.07) is 6.63. The Kier molecular flexibility index (Phi) is 3.34. The Hall–Kier alpha value is -0.930. The molecule has 2 atom stereocenters. The molecule has 1 saturated heterocycles. The van der Waals surface area contributed by atoms with E-state index in [1.807, 2.05) is 6.07 Å². The monoisotopic (exact) mass is 209 g/mol. The van der Waals surface area contributed by atoms with Crippen LogP contribution in [0.2, 0.25) is 0 Å². The molecule has 0 spiro atoms. The van der Waals surface area contributed by atoms with Crippen LogP contribution in [0.15, 0.2) is 24.3 Å². The maximum Gasteiger partial charge on any atom is 0.123 e. The zero-order valence-electron chi connectivity index (χ0n) is 8.62. The van der Waals surface area contributed by atoms with E-state index in [9.17, 15) is 9.50 Å². The molecule has 2 rings (SSSR count). The molecule has 0 saturated carbocycles. The molecule has 0 aliphatic carbocycles. The van der Waals surface area contributed by atoms with Crippen molar-refractivity contribution in [1.82, 2.24) is 5.32 Å². The third-order valence-electron chi connectivity index (χ3n) is 2.98. The Balaban J connectivity index is 2.01. The first-order valence-electron chi connectivity index (χ1n) is 5.39. The predicted octanol–water partition coefficient (Wildman–Crippen LogP) is 1.34. The van der Waals surface area contributed by atoms with Gasteiger partial charge in [0, 0.05) is 6.54 Å². The molecule has 1 aliphatic rings. The molecule has 3 heteroatoms. The number of aliphatic hydroxyl groups is 1. The molecule has 0 unspecified atom stereocenters. The second-order valence-corrected chi connectivity index (χ2v) is 4.15. The van der Waals surface area contributed by atoms with Gasteiger partial charge < -0.3 is 10.4 Å². The van der Waals surface area contributed by atoms with Crippen LogP contribution in [0, 0.1) is 11.7 Å². The van der Waals surface area contributed by atoms with Crippen LogP contribution in [0.4, 0.5) is 4.39 Å². The minimum Gasteiger partial charge on any atom is -0.392 e. The van der Waals surface area contributed by atoms with Crippen molar-refractivity contribution >= 4 is 0 Å². The van der Waals surface area contributed by atoms with Gasteiger partial charge in [-0.15, -0.1) is 0 Å². The molecule has 0 radical (unpaired) electrons. The largest absolute Gasteiger partial charge is 0.392 e. The van der Waals surface area contributed by atoms with Crippen LogP contribution in [0.3, 0.4) is 0 Å². The predicted molar refractivity (Wildman–Crippen MR) is 57.1 cm³/mol. The van der Waals surface area contributed by atoms with Gasteiger partial charge in [0.15, 0.2) is 0 Å². The molecular formula is C12H16FNO. The average molecular weight is 209 g/mol. The van der Waals surface area contributed by atoms with E-state index in [-0.39, 0.29) is 17.8 Å². The molecule has 0 amide bonds. The summed E-state index contributed by atoms with van der Waals surface area (Å²) < 4.78 is 12.9. The summed E-state index contributed by atoms with van der Waals surface area (Å²) in [5.74, 6) is 0.0592.